The van der Waals surface area contributed by atoms with E-state index in [4.69, 9.17) is 4.74 Å². The molecular formula is C11H23ClN2O. The Kier molecular flexibility index (Phi) is 4.04. The van der Waals surface area contributed by atoms with Gasteiger partial charge in [-0.05, 0) is 26.3 Å². The minimum atomic E-state index is -0.147. The van der Waals surface area contributed by atoms with Gasteiger partial charge in [0.05, 0.1) is 6.61 Å². The summed E-state index contributed by atoms with van der Waals surface area (Å²) >= 11 is 0. The predicted octanol–water partition coefficient (Wildman–Crippen LogP) is 1.52. The van der Waals surface area contributed by atoms with Crippen molar-refractivity contribution in [3.05, 3.63) is 0 Å². The van der Waals surface area contributed by atoms with Crippen molar-refractivity contribution in [2.75, 3.05) is 19.7 Å². The van der Waals surface area contributed by atoms with Crippen molar-refractivity contribution < 1.29 is 4.74 Å². The Morgan fingerprint density at radius 3 is 2.47 bits per heavy atom. The molecular weight excluding hydrogens is 212 g/mol. The first-order chi connectivity index (χ1) is 6.52. The number of hydrogen-bond donors (Lipinski definition) is 2. The highest BCUT2D eigenvalue weighted by Crippen LogP contribution is 2.29. The third-order valence-corrected chi connectivity index (χ3v) is 3.41. The second-order valence-electron chi connectivity index (χ2n) is 5.56. The average Bonchev–Trinajstić information content (AvgIpc) is 2.64. The SMILES string of the molecule is CC1(C)CNC(C)(C2CCCN2)OC1.Cl. The summed E-state index contributed by atoms with van der Waals surface area (Å²) in [6.07, 6.45) is 2.50. The van der Waals surface area contributed by atoms with Gasteiger partial charge in [0.1, 0.15) is 5.72 Å². The van der Waals surface area contributed by atoms with E-state index in [1.807, 2.05) is 0 Å². The normalized spacial score (nSPS) is 39.8. The summed E-state index contributed by atoms with van der Waals surface area (Å²) in [7, 11) is 0. The molecule has 2 aliphatic heterocycles. The van der Waals surface area contributed by atoms with Crippen LogP contribution in [-0.2, 0) is 4.74 Å². The van der Waals surface area contributed by atoms with Crippen LogP contribution in [0.5, 0.6) is 0 Å². The Morgan fingerprint density at radius 1 is 1.27 bits per heavy atom. The highest BCUT2D eigenvalue weighted by molar-refractivity contribution is 5.85. The third-order valence-electron chi connectivity index (χ3n) is 3.41. The molecule has 4 heteroatoms. The van der Waals surface area contributed by atoms with E-state index in [0.717, 1.165) is 19.7 Å². The molecule has 0 aromatic rings. The van der Waals surface area contributed by atoms with Crippen LogP contribution >= 0.6 is 12.4 Å². The third kappa shape index (κ3) is 2.84. The van der Waals surface area contributed by atoms with Crippen molar-refractivity contribution in [3.63, 3.8) is 0 Å². The lowest BCUT2D eigenvalue weighted by Crippen LogP contribution is -2.63. The van der Waals surface area contributed by atoms with Gasteiger partial charge in [0.15, 0.2) is 0 Å². The molecule has 15 heavy (non-hydrogen) atoms. The Balaban J connectivity index is 0.00000112. The fraction of sp³-hybridized carbons (Fsp3) is 1.00. The molecule has 0 aromatic carbocycles. The molecule has 3 nitrogen and oxygen atoms in total. The number of halogens is 1. The van der Waals surface area contributed by atoms with Crippen molar-refractivity contribution in [2.45, 2.75) is 45.4 Å². The van der Waals surface area contributed by atoms with E-state index >= 15 is 0 Å². The summed E-state index contributed by atoms with van der Waals surface area (Å²) in [5.41, 5.74) is 0.129. The standard InChI is InChI=1S/C11H22N2O.ClH/c1-10(2)7-13-11(3,14-8-10)9-5-4-6-12-9;/h9,12-13H,4-8H2,1-3H3;1H. The maximum absolute atomic E-state index is 5.99. The summed E-state index contributed by atoms with van der Waals surface area (Å²) in [6, 6.07) is 0.485. The number of ether oxygens (including phenoxy) is 1. The van der Waals surface area contributed by atoms with Crippen molar-refractivity contribution in [3.8, 4) is 0 Å². The molecule has 0 aliphatic carbocycles. The maximum Gasteiger partial charge on any atom is 0.131 e. The van der Waals surface area contributed by atoms with Gasteiger partial charge >= 0.3 is 0 Å². The van der Waals surface area contributed by atoms with Crippen LogP contribution in [0.3, 0.4) is 0 Å². The molecule has 2 heterocycles. The molecule has 0 amide bonds. The molecule has 2 saturated heterocycles. The summed E-state index contributed by atoms with van der Waals surface area (Å²) < 4.78 is 5.99. The van der Waals surface area contributed by atoms with Gasteiger partial charge < -0.3 is 10.1 Å². The molecule has 90 valence electrons. The van der Waals surface area contributed by atoms with Crippen LogP contribution in [0.1, 0.15) is 33.6 Å². The highest BCUT2D eigenvalue weighted by Gasteiger charge is 2.42. The molecule has 0 aromatic heterocycles. The van der Waals surface area contributed by atoms with Gasteiger partial charge in [-0.15, -0.1) is 12.4 Å². The van der Waals surface area contributed by atoms with Gasteiger partial charge in [-0.3, -0.25) is 5.32 Å². The number of rotatable bonds is 1. The van der Waals surface area contributed by atoms with Crippen LogP contribution < -0.4 is 10.6 Å². The van der Waals surface area contributed by atoms with Crippen LogP contribution in [0, 0.1) is 5.41 Å². The fourth-order valence-electron chi connectivity index (χ4n) is 2.24. The van der Waals surface area contributed by atoms with Gasteiger partial charge in [-0.25, -0.2) is 0 Å². The molecule has 0 saturated carbocycles. The van der Waals surface area contributed by atoms with Crippen LogP contribution in [0.2, 0.25) is 0 Å². The van der Waals surface area contributed by atoms with E-state index in [2.05, 4.69) is 31.4 Å². The molecule has 2 fully saturated rings. The van der Waals surface area contributed by atoms with Crippen LogP contribution in [0.4, 0.5) is 0 Å². The topological polar surface area (TPSA) is 33.3 Å². The fourth-order valence-corrected chi connectivity index (χ4v) is 2.24. The van der Waals surface area contributed by atoms with E-state index in [0.29, 0.717) is 6.04 Å². The van der Waals surface area contributed by atoms with Crippen LogP contribution in [-0.4, -0.2) is 31.5 Å². The Bertz CT molecular complexity index is 205. The Hall–Kier alpha value is 0.170. The predicted molar refractivity (Wildman–Crippen MR) is 64.4 cm³/mol. The summed E-state index contributed by atoms with van der Waals surface area (Å²) in [6.45, 7) is 9.68. The van der Waals surface area contributed by atoms with Crippen LogP contribution in [0.25, 0.3) is 0 Å². The zero-order chi connectivity index (χ0) is 10.2. The summed E-state index contributed by atoms with van der Waals surface area (Å²) in [4.78, 5) is 0. The molecule has 0 spiro atoms. The smallest absolute Gasteiger partial charge is 0.131 e. The highest BCUT2D eigenvalue weighted by atomic mass is 35.5. The lowest BCUT2D eigenvalue weighted by Gasteiger charge is -2.45. The van der Waals surface area contributed by atoms with Gasteiger partial charge in [-0.2, -0.15) is 0 Å². The van der Waals surface area contributed by atoms with E-state index in [1.54, 1.807) is 0 Å². The zero-order valence-electron chi connectivity index (χ0n) is 9.93. The van der Waals surface area contributed by atoms with E-state index in [9.17, 15) is 0 Å². The van der Waals surface area contributed by atoms with Gasteiger partial charge in [-0.1, -0.05) is 13.8 Å². The minimum absolute atomic E-state index is 0. The molecule has 2 N–H and O–H groups in total. The molecule has 2 rings (SSSR count). The van der Waals surface area contributed by atoms with Crippen molar-refractivity contribution >= 4 is 12.4 Å². The molecule has 2 unspecified atom stereocenters. The number of nitrogens with one attached hydrogen (secondary N) is 2. The second kappa shape index (κ2) is 4.58. The molecule has 2 aliphatic rings. The first-order valence-electron chi connectivity index (χ1n) is 5.64. The second-order valence-corrected chi connectivity index (χ2v) is 5.56. The van der Waals surface area contributed by atoms with Crippen molar-refractivity contribution in [1.29, 1.82) is 0 Å². The molecule has 2 atom stereocenters. The Labute approximate surface area is 98.7 Å². The van der Waals surface area contributed by atoms with Gasteiger partial charge in [0.25, 0.3) is 0 Å². The lowest BCUT2D eigenvalue weighted by molar-refractivity contribution is -0.141. The largest absolute Gasteiger partial charge is 0.359 e. The first kappa shape index (κ1) is 13.2. The van der Waals surface area contributed by atoms with Crippen molar-refractivity contribution in [1.82, 2.24) is 10.6 Å². The average molecular weight is 235 g/mol. The first-order valence-corrected chi connectivity index (χ1v) is 5.64. The number of hydrogen-bond acceptors (Lipinski definition) is 3. The molecule has 0 radical (unpaired) electrons. The van der Waals surface area contributed by atoms with Gasteiger partial charge in [0, 0.05) is 18.0 Å². The summed E-state index contributed by atoms with van der Waals surface area (Å²) in [5.74, 6) is 0. The van der Waals surface area contributed by atoms with Crippen LogP contribution in [0.15, 0.2) is 0 Å². The lowest BCUT2D eigenvalue weighted by atomic mass is 9.90. The summed E-state index contributed by atoms with van der Waals surface area (Å²) in [5, 5.41) is 7.05. The maximum atomic E-state index is 5.99. The van der Waals surface area contributed by atoms with Gasteiger partial charge in [0.2, 0.25) is 0 Å². The minimum Gasteiger partial charge on any atom is -0.359 e. The zero-order valence-corrected chi connectivity index (χ0v) is 10.7. The van der Waals surface area contributed by atoms with E-state index < -0.39 is 0 Å². The monoisotopic (exact) mass is 234 g/mol. The van der Waals surface area contributed by atoms with E-state index in [1.165, 1.54) is 12.8 Å². The quantitative estimate of drug-likeness (QED) is 0.722. The Morgan fingerprint density at radius 2 is 2.00 bits per heavy atom. The van der Waals surface area contributed by atoms with Crippen molar-refractivity contribution in [2.24, 2.45) is 5.41 Å². The van der Waals surface area contributed by atoms with E-state index in [-0.39, 0.29) is 23.5 Å². The molecule has 0 bridgehead atoms.